The minimum absolute atomic E-state index is 0.0418. The highest BCUT2D eigenvalue weighted by Gasteiger charge is 2.39. The first kappa shape index (κ1) is 33.7. The van der Waals surface area contributed by atoms with Crippen LogP contribution >= 0.6 is 0 Å². The number of β-amino-alcohol motifs (C(OH)–C–C–N with tert-alkyl or cyclic N) is 1. The van der Waals surface area contributed by atoms with Crippen molar-refractivity contribution >= 4 is 35.8 Å². The number of nitrogens with one attached hydrogen (secondary N) is 1. The maximum absolute atomic E-state index is 13.4. The third-order valence-corrected chi connectivity index (χ3v) is 7.51. The van der Waals surface area contributed by atoms with Crippen LogP contribution in [-0.4, -0.2) is 140 Å². The highest BCUT2D eigenvalue weighted by Crippen LogP contribution is 2.22. The number of para-hydroxylation sites is 1. The number of carboxylic acids is 2. The summed E-state index contributed by atoms with van der Waals surface area (Å²) in [6.07, 6.45) is -2.22. The average Bonchev–Trinajstić information content (AvgIpc) is 3.66. The van der Waals surface area contributed by atoms with Crippen molar-refractivity contribution in [1.82, 2.24) is 29.8 Å². The van der Waals surface area contributed by atoms with E-state index in [2.05, 4.69) is 10.4 Å². The van der Waals surface area contributed by atoms with Gasteiger partial charge >= 0.3 is 18.0 Å². The van der Waals surface area contributed by atoms with Gasteiger partial charge in [0.05, 0.1) is 18.4 Å². The molecule has 3 atom stereocenters. The normalized spacial score (nSPS) is 18.5. The second-order valence-corrected chi connectivity index (χ2v) is 10.7. The smallest absolute Gasteiger partial charge is 0.409 e. The van der Waals surface area contributed by atoms with Crippen molar-refractivity contribution in [3.63, 3.8) is 0 Å². The molecule has 2 aliphatic rings. The summed E-state index contributed by atoms with van der Waals surface area (Å²) in [6.45, 7) is 1.82. The molecule has 248 valence electrons. The number of aliphatic carboxylic acids is 2. The number of amides is 4. The Bertz CT molecular complexity index is 1440. The minimum Gasteiger partial charge on any atom is -0.481 e. The number of carboxylic acid groups (broad SMARTS) is 2. The number of nitrogens with zero attached hydrogens (tertiary/aromatic N) is 5. The first-order valence-electron chi connectivity index (χ1n) is 14.7. The number of ether oxygens (including phenoxy) is 2. The van der Waals surface area contributed by atoms with E-state index < -0.39 is 67.0 Å². The Kier molecular flexibility index (Phi) is 11.1. The molecular formula is C29H36N6O11. The van der Waals surface area contributed by atoms with Crippen LogP contribution in [0.3, 0.4) is 0 Å². The lowest BCUT2D eigenvalue weighted by molar-refractivity contribution is -0.149. The van der Waals surface area contributed by atoms with Gasteiger partial charge < -0.3 is 44.8 Å². The number of piperazine rings is 1. The molecule has 0 bridgehead atoms. The van der Waals surface area contributed by atoms with Crippen molar-refractivity contribution < 1.29 is 53.6 Å². The largest absolute Gasteiger partial charge is 0.481 e. The van der Waals surface area contributed by atoms with Crippen molar-refractivity contribution in [2.24, 2.45) is 0 Å². The molecule has 2 saturated heterocycles. The molecule has 0 spiro atoms. The third kappa shape index (κ3) is 8.29. The number of carbonyl (C=O) groups is 6. The van der Waals surface area contributed by atoms with Crippen LogP contribution in [0.1, 0.15) is 36.7 Å². The Morgan fingerprint density at radius 2 is 1.70 bits per heavy atom. The van der Waals surface area contributed by atoms with Crippen LogP contribution in [0.4, 0.5) is 4.79 Å². The van der Waals surface area contributed by atoms with Gasteiger partial charge in [-0.05, 0) is 25.5 Å². The van der Waals surface area contributed by atoms with Gasteiger partial charge in [-0.1, -0.05) is 18.2 Å². The second kappa shape index (κ2) is 15.2. The Labute approximate surface area is 263 Å². The van der Waals surface area contributed by atoms with Gasteiger partial charge in [0.15, 0.2) is 12.3 Å². The van der Waals surface area contributed by atoms with E-state index in [1.54, 1.807) is 37.3 Å². The lowest BCUT2D eigenvalue weighted by atomic mass is 10.1. The van der Waals surface area contributed by atoms with E-state index in [1.165, 1.54) is 20.5 Å². The highest BCUT2D eigenvalue weighted by atomic mass is 16.6. The first-order valence-corrected chi connectivity index (χ1v) is 14.7. The Morgan fingerprint density at radius 1 is 1.02 bits per heavy atom. The third-order valence-electron chi connectivity index (χ3n) is 7.51. The number of hydrogen-bond donors (Lipinski definition) is 4. The van der Waals surface area contributed by atoms with Crippen LogP contribution in [0.25, 0.3) is 5.69 Å². The van der Waals surface area contributed by atoms with Crippen molar-refractivity contribution in [2.75, 3.05) is 45.9 Å². The maximum atomic E-state index is 13.4. The molecular weight excluding hydrogens is 608 g/mol. The van der Waals surface area contributed by atoms with E-state index >= 15 is 0 Å². The fraction of sp³-hybridized carbons (Fsp3) is 0.483. The molecule has 0 radical (unpaired) electrons. The van der Waals surface area contributed by atoms with Crippen LogP contribution in [0.5, 0.6) is 5.88 Å². The lowest BCUT2D eigenvalue weighted by Crippen LogP contribution is -2.56. The number of benzene rings is 1. The fourth-order valence-electron chi connectivity index (χ4n) is 5.18. The van der Waals surface area contributed by atoms with E-state index in [9.17, 15) is 44.1 Å². The average molecular weight is 645 g/mol. The van der Waals surface area contributed by atoms with Crippen LogP contribution in [0.15, 0.2) is 36.4 Å². The molecule has 4 amide bonds. The van der Waals surface area contributed by atoms with E-state index in [4.69, 9.17) is 9.47 Å². The van der Waals surface area contributed by atoms with Gasteiger partial charge in [0.2, 0.25) is 11.8 Å². The van der Waals surface area contributed by atoms with Crippen molar-refractivity contribution in [2.45, 2.75) is 44.4 Å². The SMILES string of the molecule is CCOC(=O)N1CCN(C(=O)C(CCC(=O)O)NC(=O)c2cc(OCC(=O)N3C[C@H](O)C[C@H]3C(=O)O)n(-c3ccccc3)n2)CC1. The molecule has 46 heavy (non-hydrogen) atoms. The number of rotatable bonds is 12. The van der Waals surface area contributed by atoms with E-state index in [0.29, 0.717) is 5.69 Å². The number of aromatic nitrogens is 2. The topological polar surface area (TPSA) is 221 Å². The van der Waals surface area contributed by atoms with Crippen molar-refractivity contribution in [1.29, 1.82) is 0 Å². The Morgan fingerprint density at radius 3 is 2.33 bits per heavy atom. The number of carbonyl (C=O) groups excluding carboxylic acids is 4. The van der Waals surface area contributed by atoms with Gasteiger partial charge in [-0.2, -0.15) is 5.10 Å². The molecule has 2 aromatic rings. The summed E-state index contributed by atoms with van der Waals surface area (Å²) in [5.41, 5.74) is 0.258. The molecule has 17 nitrogen and oxygen atoms in total. The Hall–Kier alpha value is -5.19. The molecule has 3 heterocycles. The Balaban J connectivity index is 1.50. The molecule has 2 aliphatic heterocycles. The molecule has 0 aliphatic carbocycles. The van der Waals surface area contributed by atoms with E-state index in [0.717, 1.165) is 4.90 Å². The van der Waals surface area contributed by atoms with Gasteiger partial charge in [0.25, 0.3) is 11.8 Å². The molecule has 17 heteroatoms. The predicted molar refractivity (Wildman–Crippen MR) is 156 cm³/mol. The zero-order chi connectivity index (χ0) is 33.4. The highest BCUT2D eigenvalue weighted by molar-refractivity contribution is 5.96. The first-order chi connectivity index (χ1) is 22.0. The zero-order valence-electron chi connectivity index (χ0n) is 25.1. The van der Waals surface area contributed by atoms with Crippen molar-refractivity contribution in [3.8, 4) is 11.6 Å². The molecule has 1 aromatic carbocycles. The number of hydrogen-bond acceptors (Lipinski definition) is 10. The molecule has 4 N–H and O–H groups in total. The number of aliphatic hydroxyl groups excluding tert-OH is 1. The lowest BCUT2D eigenvalue weighted by Gasteiger charge is -2.35. The summed E-state index contributed by atoms with van der Waals surface area (Å²) in [6, 6.07) is 7.29. The molecule has 4 rings (SSSR count). The fourth-order valence-corrected chi connectivity index (χ4v) is 5.18. The van der Waals surface area contributed by atoms with Crippen LogP contribution in [0.2, 0.25) is 0 Å². The quantitative estimate of drug-likeness (QED) is 0.231. The number of aliphatic hydroxyl groups is 1. The van der Waals surface area contributed by atoms with Crippen molar-refractivity contribution in [3.05, 3.63) is 42.1 Å². The monoisotopic (exact) mass is 644 g/mol. The summed E-state index contributed by atoms with van der Waals surface area (Å²) < 4.78 is 11.9. The van der Waals surface area contributed by atoms with Gasteiger partial charge in [0.1, 0.15) is 12.1 Å². The molecule has 0 saturated carbocycles. The van der Waals surface area contributed by atoms with E-state index in [1.807, 2.05) is 0 Å². The van der Waals surface area contributed by atoms with E-state index in [-0.39, 0.29) is 63.7 Å². The van der Waals surface area contributed by atoms with Gasteiger partial charge in [-0.15, -0.1) is 0 Å². The van der Waals surface area contributed by atoms with Gasteiger partial charge in [-0.3, -0.25) is 19.2 Å². The predicted octanol–water partition coefficient (Wildman–Crippen LogP) is -0.439. The zero-order valence-corrected chi connectivity index (χ0v) is 25.1. The summed E-state index contributed by atoms with van der Waals surface area (Å²) >= 11 is 0. The van der Waals surface area contributed by atoms with Crippen LogP contribution in [0, 0.1) is 0 Å². The molecule has 2 fully saturated rings. The minimum atomic E-state index is -1.26. The second-order valence-electron chi connectivity index (χ2n) is 10.7. The number of likely N-dealkylation sites (tertiary alicyclic amines) is 1. The molecule has 1 unspecified atom stereocenters. The van der Waals surface area contributed by atoms with Gasteiger partial charge in [0, 0.05) is 51.6 Å². The van der Waals surface area contributed by atoms with Crippen LogP contribution < -0.4 is 10.1 Å². The van der Waals surface area contributed by atoms with Gasteiger partial charge in [-0.25, -0.2) is 14.3 Å². The standard InChI is InChI=1S/C29H36N6O11/c1-2-45-29(44)33-12-10-32(11-13-33)27(41)20(8-9-25(38)39)30-26(40)21-15-24(35(31-21)18-6-4-3-5-7-18)46-17-23(37)34-16-19(36)14-22(34)28(42)43/h3-7,15,19-20,22,36H,2,8-14,16-17H2,1H3,(H,30,40)(H,38,39)(H,42,43)/t19-,20?,22+/m1/s1. The van der Waals surface area contributed by atoms with Crippen LogP contribution in [-0.2, 0) is 23.9 Å². The summed E-state index contributed by atoms with van der Waals surface area (Å²) in [5.74, 6) is -4.50. The summed E-state index contributed by atoms with van der Waals surface area (Å²) in [4.78, 5) is 78.5. The summed E-state index contributed by atoms with van der Waals surface area (Å²) in [5, 5.41) is 35.4. The maximum Gasteiger partial charge on any atom is 0.409 e. The molecule has 1 aromatic heterocycles. The summed E-state index contributed by atoms with van der Waals surface area (Å²) in [7, 11) is 0.